The highest BCUT2D eigenvalue weighted by Crippen LogP contribution is 1.94. The third-order valence-corrected chi connectivity index (χ3v) is 1.12. The van der Waals surface area contributed by atoms with Gasteiger partial charge in [0, 0.05) is 0 Å². The molecule has 0 saturated heterocycles. The molecule has 0 aliphatic carbocycles. The zero-order valence-electron chi connectivity index (χ0n) is 6.39. The average molecular weight is 170 g/mol. The second-order valence-electron chi connectivity index (χ2n) is 1.96. The van der Waals surface area contributed by atoms with Gasteiger partial charge in [0.1, 0.15) is 18.0 Å². The van der Waals surface area contributed by atoms with E-state index in [-0.39, 0.29) is 23.9 Å². The van der Waals surface area contributed by atoms with E-state index in [2.05, 4.69) is 15.0 Å². The molecule has 6 nitrogen and oxygen atoms in total. The molecule has 0 amide bonds. The van der Waals surface area contributed by atoms with Crippen molar-refractivity contribution in [3.63, 3.8) is 0 Å². The summed E-state index contributed by atoms with van der Waals surface area (Å²) in [6.07, 6.45) is -0.0358. The fraction of sp³-hybridized carbons (Fsp3) is 0.143. The maximum absolute atomic E-state index is 8.46. The molecule has 0 unspecified atom stereocenters. The van der Waals surface area contributed by atoms with Crippen LogP contribution in [0.2, 0.25) is 0 Å². The van der Waals surface area contributed by atoms with Gasteiger partial charge in [-0.1, -0.05) is 0 Å². The van der Waals surface area contributed by atoms with Crippen LogP contribution in [0.5, 0.6) is 0 Å². The van der Waals surface area contributed by atoms with E-state index in [0.717, 1.165) is 0 Å². The first-order valence-electron chi connectivity index (χ1n) is 3.22. The zero-order valence-corrected chi connectivity index (χ0v) is 6.39. The lowest BCUT2D eigenvalue weighted by Gasteiger charge is -1.93. The van der Waals surface area contributed by atoms with Crippen LogP contribution in [0.1, 0.15) is 17.5 Å². The van der Waals surface area contributed by atoms with Crippen molar-refractivity contribution in [3.05, 3.63) is 17.5 Å². The summed E-state index contributed by atoms with van der Waals surface area (Å²) in [6.45, 7) is 0. The summed E-state index contributed by atoms with van der Waals surface area (Å²) in [5, 5.41) is 25.2. The van der Waals surface area contributed by atoms with Gasteiger partial charge in [-0.15, -0.1) is 0 Å². The predicted molar refractivity (Wildman–Crippen MR) is 38.6 cm³/mol. The Kier molecular flexibility index (Phi) is 2.47. The van der Waals surface area contributed by atoms with Gasteiger partial charge in [-0.25, -0.2) is 9.97 Å². The van der Waals surface area contributed by atoms with Crippen LogP contribution in [0.4, 0.5) is 0 Å². The topological polar surface area (TPSA) is 110 Å². The van der Waals surface area contributed by atoms with Crippen LogP contribution in [-0.4, -0.2) is 15.0 Å². The molecule has 0 aliphatic heterocycles. The number of rotatable bonds is 1. The van der Waals surface area contributed by atoms with Crippen LogP contribution < -0.4 is 0 Å². The van der Waals surface area contributed by atoms with Gasteiger partial charge in [0.05, 0.1) is 12.5 Å². The molecule has 13 heavy (non-hydrogen) atoms. The molecule has 6 heteroatoms. The van der Waals surface area contributed by atoms with E-state index in [0.29, 0.717) is 0 Å². The van der Waals surface area contributed by atoms with Gasteiger partial charge in [0.2, 0.25) is 11.6 Å². The average Bonchev–Trinajstić information content (AvgIpc) is 2.17. The van der Waals surface area contributed by atoms with Crippen LogP contribution >= 0.6 is 0 Å². The van der Waals surface area contributed by atoms with E-state index >= 15 is 0 Å². The van der Waals surface area contributed by atoms with Crippen molar-refractivity contribution in [1.82, 2.24) is 15.0 Å². The van der Waals surface area contributed by atoms with Gasteiger partial charge in [-0.05, 0) is 0 Å². The molecule has 0 radical (unpaired) electrons. The van der Waals surface area contributed by atoms with Gasteiger partial charge >= 0.3 is 0 Å². The molecule has 1 heterocycles. The first-order chi connectivity index (χ1) is 6.30. The quantitative estimate of drug-likeness (QED) is 0.571. The van der Waals surface area contributed by atoms with Crippen molar-refractivity contribution in [2.45, 2.75) is 6.42 Å². The molecule has 1 rings (SSSR count). The number of hydrogen-bond acceptors (Lipinski definition) is 6. The minimum absolute atomic E-state index is 0.0358. The summed E-state index contributed by atoms with van der Waals surface area (Å²) in [6, 6.07) is 5.17. The standard InChI is InChI=1S/C7H2N6/c8-2-1-5-11-6(3-9)13-7(4-10)12-5/h1H2. The lowest BCUT2D eigenvalue weighted by atomic mass is 10.4. The van der Waals surface area contributed by atoms with E-state index in [4.69, 9.17) is 15.8 Å². The monoisotopic (exact) mass is 170 g/mol. The molecule has 1 aromatic rings. The first kappa shape index (κ1) is 8.58. The molecular formula is C7H2N6. The molecule has 60 valence electrons. The first-order valence-corrected chi connectivity index (χ1v) is 3.22. The second kappa shape index (κ2) is 3.75. The van der Waals surface area contributed by atoms with E-state index in [1.54, 1.807) is 12.1 Å². The van der Waals surface area contributed by atoms with Crippen LogP contribution in [0, 0.1) is 34.0 Å². The summed E-state index contributed by atoms with van der Waals surface area (Å²) >= 11 is 0. The van der Waals surface area contributed by atoms with Gasteiger partial charge < -0.3 is 0 Å². The SMILES string of the molecule is N#CCc1nc(C#N)nc(C#N)n1. The van der Waals surface area contributed by atoms with Crippen LogP contribution in [-0.2, 0) is 6.42 Å². The van der Waals surface area contributed by atoms with Crippen molar-refractivity contribution in [2.75, 3.05) is 0 Å². The van der Waals surface area contributed by atoms with Crippen LogP contribution in [0.3, 0.4) is 0 Å². The Labute approximate surface area is 73.7 Å². The Morgan fingerprint density at radius 2 is 1.46 bits per heavy atom. The van der Waals surface area contributed by atoms with Gasteiger partial charge in [-0.2, -0.15) is 20.8 Å². The molecule has 0 fully saturated rings. The van der Waals surface area contributed by atoms with Crippen molar-refractivity contribution in [1.29, 1.82) is 15.8 Å². The fourth-order valence-corrected chi connectivity index (χ4v) is 0.670. The second-order valence-corrected chi connectivity index (χ2v) is 1.96. The molecular weight excluding hydrogens is 168 g/mol. The number of aromatic nitrogens is 3. The lowest BCUT2D eigenvalue weighted by molar-refractivity contribution is 0.900. The van der Waals surface area contributed by atoms with E-state index in [9.17, 15) is 0 Å². The minimum Gasteiger partial charge on any atom is -0.203 e. The smallest absolute Gasteiger partial charge is 0.203 e. The highest BCUT2D eigenvalue weighted by atomic mass is 15.0. The molecule has 0 saturated carbocycles. The molecule has 0 aliphatic rings. The van der Waals surface area contributed by atoms with Crippen molar-refractivity contribution in [3.8, 4) is 18.2 Å². The van der Waals surface area contributed by atoms with E-state index in [1.165, 1.54) is 0 Å². The number of nitriles is 3. The highest BCUT2D eigenvalue weighted by Gasteiger charge is 2.04. The normalized spacial score (nSPS) is 8.08. The summed E-state index contributed by atoms with van der Waals surface area (Å²) in [5.74, 6) is -0.140. The zero-order chi connectivity index (χ0) is 9.68. The third-order valence-electron chi connectivity index (χ3n) is 1.12. The summed E-state index contributed by atoms with van der Waals surface area (Å²) in [7, 11) is 0. The van der Waals surface area contributed by atoms with Gasteiger partial charge in [0.15, 0.2) is 0 Å². The van der Waals surface area contributed by atoms with E-state index in [1.807, 2.05) is 6.07 Å². The van der Waals surface area contributed by atoms with Crippen LogP contribution in [0.15, 0.2) is 0 Å². The molecule has 0 aromatic carbocycles. The summed E-state index contributed by atoms with van der Waals surface area (Å²) in [4.78, 5) is 10.8. The van der Waals surface area contributed by atoms with Gasteiger partial charge in [0.25, 0.3) is 0 Å². The molecule has 0 N–H and O–H groups in total. The molecule has 1 aromatic heterocycles. The Morgan fingerprint density at radius 3 is 1.85 bits per heavy atom. The number of hydrogen-bond donors (Lipinski definition) is 0. The van der Waals surface area contributed by atoms with Crippen molar-refractivity contribution in [2.24, 2.45) is 0 Å². The Bertz CT molecular complexity index is 411. The van der Waals surface area contributed by atoms with Gasteiger partial charge in [-0.3, -0.25) is 0 Å². The molecule has 0 bridgehead atoms. The Balaban J connectivity index is 3.20. The molecule has 0 spiro atoms. The lowest BCUT2D eigenvalue weighted by Crippen LogP contribution is -2.02. The fourth-order valence-electron chi connectivity index (χ4n) is 0.670. The van der Waals surface area contributed by atoms with E-state index < -0.39 is 0 Å². The molecule has 0 atom stereocenters. The van der Waals surface area contributed by atoms with Crippen molar-refractivity contribution < 1.29 is 0 Å². The third kappa shape index (κ3) is 1.95. The largest absolute Gasteiger partial charge is 0.236 e. The maximum atomic E-state index is 8.46. The minimum atomic E-state index is -0.142. The highest BCUT2D eigenvalue weighted by molar-refractivity contribution is 5.18. The summed E-state index contributed by atoms with van der Waals surface area (Å²) in [5.41, 5.74) is 0. The van der Waals surface area contributed by atoms with Crippen LogP contribution in [0.25, 0.3) is 0 Å². The Hall–Kier alpha value is -2.52. The number of nitrogens with zero attached hydrogens (tertiary/aromatic N) is 6. The summed E-state index contributed by atoms with van der Waals surface area (Å²) < 4.78 is 0. The predicted octanol–water partition coefficient (Wildman–Crippen LogP) is -0.319. The van der Waals surface area contributed by atoms with Crippen molar-refractivity contribution >= 4 is 0 Å². The Morgan fingerprint density at radius 1 is 0.923 bits per heavy atom. The maximum Gasteiger partial charge on any atom is 0.236 e.